The van der Waals surface area contributed by atoms with Gasteiger partial charge in [0.15, 0.2) is 0 Å². The summed E-state index contributed by atoms with van der Waals surface area (Å²) in [6, 6.07) is 11.1. The monoisotopic (exact) mass is 614 g/mol. The summed E-state index contributed by atoms with van der Waals surface area (Å²) in [7, 11) is -3.78. The van der Waals surface area contributed by atoms with E-state index >= 15 is 4.39 Å². The number of sulfonamides is 1. The van der Waals surface area contributed by atoms with Crippen LogP contribution in [0, 0.1) is 17.7 Å². The number of hydrogen-bond acceptors (Lipinski definition) is 6. The number of anilines is 1. The van der Waals surface area contributed by atoms with Gasteiger partial charge in [-0.25, -0.2) is 17.2 Å². The van der Waals surface area contributed by atoms with Gasteiger partial charge in [-0.2, -0.15) is 4.31 Å². The highest BCUT2D eigenvalue weighted by molar-refractivity contribution is 7.89. The van der Waals surface area contributed by atoms with Crippen molar-refractivity contribution in [3.63, 3.8) is 0 Å². The van der Waals surface area contributed by atoms with Crippen molar-refractivity contribution < 1.29 is 26.7 Å². The molecule has 2 aromatic carbocycles. The lowest BCUT2D eigenvalue weighted by Gasteiger charge is -2.40. The molecule has 2 aliphatic heterocycles. The summed E-state index contributed by atoms with van der Waals surface area (Å²) in [6.07, 6.45) is 5.31. The van der Waals surface area contributed by atoms with Crippen molar-refractivity contribution in [1.29, 1.82) is 0 Å². The predicted octanol–water partition coefficient (Wildman–Crippen LogP) is 4.30. The molecule has 11 heteroatoms. The molecular formula is C32H40F2N4O4S. The van der Waals surface area contributed by atoms with E-state index in [9.17, 15) is 17.6 Å². The Morgan fingerprint density at radius 3 is 2.56 bits per heavy atom. The molecule has 1 unspecified atom stereocenters. The van der Waals surface area contributed by atoms with Gasteiger partial charge < -0.3 is 21.1 Å². The summed E-state index contributed by atoms with van der Waals surface area (Å²) in [6.45, 7) is 3.89. The molecule has 8 nitrogen and oxygen atoms in total. The van der Waals surface area contributed by atoms with E-state index in [0.29, 0.717) is 57.7 Å². The van der Waals surface area contributed by atoms with Crippen LogP contribution < -0.4 is 16.4 Å². The second-order valence-corrected chi connectivity index (χ2v) is 13.5. The first kappa shape index (κ1) is 31.5. The Morgan fingerprint density at radius 2 is 1.86 bits per heavy atom. The molecule has 43 heavy (non-hydrogen) atoms. The lowest BCUT2D eigenvalue weighted by Crippen LogP contribution is -2.58. The van der Waals surface area contributed by atoms with Crippen LogP contribution in [0.5, 0.6) is 0 Å². The number of halogens is 2. The van der Waals surface area contributed by atoms with Gasteiger partial charge in [-0.3, -0.25) is 4.79 Å². The maximum atomic E-state index is 15.3. The largest absolute Gasteiger partial charge is 0.381 e. The number of nitrogens with two attached hydrogens (primary N) is 1. The molecule has 1 amide bonds. The molecule has 2 saturated heterocycles. The fraction of sp³-hybridized carbons (Fsp3) is 0.469. The molecule has 0 saturated carbocycles. The summed E-state index contributed by atoms with van der Waals surface area (Å²) in [5, 5.41) is 6.14. The number of carbonyl (C=O) groups is 1. The van der Waals surface area contributed by atoms with Crippen LogP contribution in [0.1, 0.15) is 38.2 Å². The van der Waals surface area contributed by atoms with E-state index in [-0.39, 0.29) is 40.6 Å². The molecule has 2 heterocycles. The van der Waals surface area contributed by atoms with Gasteiger partial charge in [0.05, 0.1) is 10.9 Å². The van der Waals surface area contributed by atoms with Crippen LogP contribution in [0.2, 0.25) is 0 Å². The molecule has 4 N–H and O–H groups in total. The normalized spacial score (nSPS) is 23.3. The smallest absolute Gasteiger partial charge is 0.243 e. The number of hydrogen-bond donors (Lipinski definition) is 3. The number of amides is 1. The molecule has 0 bridgehead atoms. The maximum absolute atomic E-state index is 15.3. The van der Waals surface area contributed by atoms with Crippen LogP contribution in [0.25, 0.3) is 0 Å². The van der Waals surface area contributed by atoms with Crippen LogP contribution in [-0.4, -0.2) is 63.1 Å². The third-order valence-corrected chi connectivity index (χ3v) is 10.9. The number of nitrogens with zero attached hydrogens (tertiary/aromatic N) is 1. The van der Waals surface area contributed by atoms with Crippen LogP contribution in [-0.2, 0) is 26.0 Å². The van der Waals surface area contributed by atoms with Crippen LogP contribution in [0.4, 0.5) is 14.5 Å². The summed E-state index contributed by atoms with van der Waals surface area (Å²) in [5.41, 5.74) is 7.93. The number of benzene rings is 2. The number of nitrogens with one attached hydrogen (secondary N) is 2. The van der Waals surface area contributed by atoms with Crippen molar-refractivity contribution in [2.45, 2.75) is 62.0 Å². The maximum Gasteiger partial charge on any atom is 0.243 e. The molecule has 232 valence electrons. The molecule has 0 aromatic heterocycles. The summed E-state index contributed by atoms with van der Waals surface area (Å²) < 4.78 is 63.5. The van der Waals surface area contributed by atoms with Crippen molar-refractivity contribution in [3.8, 4) is 0 Å². The SMILES string of the molecule is C[C@H]1CNC[C@H](CCc2c(F)cccc2NC(=O)[C@@H](N)C(C2=CC(F)=CC2)C2CCOCC2)N1S(=O)(=O)c1ccccc1. The van der Waals surface area contributed by atoms with Crippen molar-refractivity contribution >= 4 is 21.6 Å². The van der Waals surface area contributed by atoms with Crippen LogP contribution in [0.3, 0.4) is 0 Å². The molecule has 1 aliphatic carbocycles. The number of allylic oxidation sites excluding steroid dienone is 3. The standard InChI is InChI=1S/C32H40F2N4O4S/c1-21-19-36-20-25(38(21)43(40,41)26-6-3-2-4-7-26)12-13-27-28(34)8-5-9-29(27)37-32(39)31(35)30(22-14-16-42-17-15-22)23-10-11-24(33)18-23/h2-9,11,18,21-22,25,30-31,36H,10,12-17,19-20,35H2,1H3,(H,37,39)/t21-,25-,30?,31-/m0/s1. The Balaban J connectivity index is 1.33. The highest BCUT2D eigenvalue weighted by Gasteiger charge is 2.39. The van der Waals surface area contributed by atoms with Gasteiger partial charge in [-0.15, -0.1) is 0 Å². The van der Waals surface area contributed by atoms with E-state index in [4.69, 9.17) is 10.5 Å². The van der Waals surface area contributed by atoms with Gasteiger partial charge in [-0.05, 0) is 81.4 Å². The van der Waals surface area contributed by atoms with Crippen molar-refractivity contribution in [2.75, 3.05) is 31.6 Å². The topological polar surface area (TPSA) is 114 Å². The summed E-state index contributed by atoms with van der Waals surface area (Å²) in [5.74, 6) is -1.62. The van der Waals surface area contributed by atoms with Crippen molar-refractivity contribution in [1.82, 2.24) is 9.62 Å². The minimum absolute atomic E-state index is 0.0605. The van der Waals surface area contributed by atoms with Gasteiger partial charge >= 0.3 is 0 Å². The minimum atomic E-state index is -3.78. The van der Waals surface area contributed by atoms with E-state index in [1.165, 1.54) is 28.6 Å². The third kappa shape index (κ3) is 7.07. The third-order valence-electron chi connectivity index (χ3n) is 8.78. The van der Waals surface area contributed by atoms with E-state index in [0.717, 1.165) is 5.57 Å². The van der Waals surface area contributed by atoms with Crippen molar-refractivity contribution in [3.05, 3.63) is 83.5 Å². The highest BCUT2D eigenvalue weighted by atomic mass is 32.2. The average molecular weight is 615 g/mol. The minimum Gasteiger partial charge on any atom is -0.381 e. The Morgan fingerprint density at radius 1 is 1.12 bits per heavy atom. The predicted molar refractivity (Wildman–Crippen MR) is 162 cm³/mol. The summed E-state index contributed by atoms with van der Waals surface area (Å²) >= 11 is 0. The fourth-order valence-corrected chi connectivity index (χ4v) is 8.50. The lowest BCUT2D eigenvalue weighted by atomic mass is 9.76. The van der Waals surface area contributed by atoms with E-state index < -0.39 is 33.8 Å². The molecular weight excluding hydrogens is 574 g/mol. The van der Waals surface area contributed by atoms with Crippen LogP contribution in [0.15, 0.2) is 77.0 Å². The highest BCUT2D eigenvalue weighted by Crippen LogP contribution is 2.37. The Bertz CT molecular complexity index is 1460. The van der Waals surface area contributed by atoms with E-state index in [1.54, 1.807) is 36.4 Å². The number of carbonyl (C=O) groups excluding carboxylic acids is 1. The zero-order chi connectivity index (χ0) is 30.6. The second-order valence-electron chi connectivity index (χ2n) is 11.6. The molecule has 2 aromatic rings. The molecule has 0 radical (unpaired) electrons. The molecule has 5 rings (SSSR count). The second kappa shape index (κ2) is 13.8. The number of ether oxygens (including phenoxy) is 1. The van der Waals surface area contributed by atoms with Crippen molar-refractivity contribution in [2.24, 2.45) is 17.6 Å². The molecule has 0 spiro atoms. The fourth-order valence-electron chi connectivity index (χ4n) is 6.64. The van der Waals surface area contributed by atoms with Crippen LogP contribution >= 0.6 is 0 Å². The lowest BCUT2D eigenvalue weighted by molar-refractivity contribution is -0.119. The van der Waals surface area contributed by atoms with Gasteiger partial charge in [0.1, 0.15) is 11.6 Å². The van der Waals surface area contributed by atoms with E-state index in [1.807, 2.05) is 6.92 Å². The Labute approximate surface area is 252 Å². The van der Waals surface area contributed by atoms with Gasteiger partial charge in [-0.1, -0.05) is 29.8 Å². The first-order valence-corrected chi connectivity index (χ1v) is 16.4. The Hall–Kier alpha value is -2.96. The average Bonchev–Trinajstić information content (AvgIpc) is 3.43. The Kier molecular flexibility index (Phi) is 10.1. The molecule has 4 atom stereocenters. The van der Waals surface area contributed by atoms with E-state index in [2.05, 4.69) is 10.6 Å². The summed E-state index contributed by atoms with van der Waals surface area (Å²) in [4.78, 5) is 13.8. The zero-order valence-corrected chi connectivity index (χ0v) is 25.2. The first-order valence-electron chi connectivity index (χ1n) is 14.9. The quantitative estimate of drug-likeness (QED) is 0.368. The van der Waals surface area contributed by atoms with Gasteiger partial charge in [0.25, 0.3) is 0 Å². The zero-order valence-electron chi connectivity index (χ0n) is 24.3. The van der Waals surface area contributed by atoms with Gasteiger partial charge in [0.2, 0.25) is 15.9 Å². The number of piperazine rings is 1. The molecule has 2 fully saturated rings. The molecule has 3 aliphatic rings. The first-order chi connectivity index (χ1) is 20.7. The number of rotatable bonds is 10. The van der Waals surface area contributed by atoms with Gasteiger partial charge in [0, 0.05) is 55.6 Å².